The molecule has 0 unspecified atom stereocenters. The minimum atomic E-state index is -0.667. The van der Waals surface area contributed by atoms with Crippen LogP contribution >= 0.6 is 0 Å². The molecule has 0 radical (unpaired) electrons. The highest BCUT2D eigenvalue weighted by Crippen LogP contribution is 2.36. The van der Waals surface area contributed by atoms with Crippen LogP contribution in [0.4, 0.5) is 13.6 Å². The van der Waals surface area contributed by atoms with E-state index >= 15 is 0 Å². The zero-order valence-electron chi connectivity index (χ0n) is 13.4. The molecule has 1 aliphatic rings. The van der Waals surface area contributed by atoms with E-state index in [1.54, 1.807) is 30.3 Å². The highest BCUT2D eigenvalue weighted by atomic mass is 19.1. The van der Waals surface area contributed by atoms with Crippen LogP contribution in [0.1, 0.15) is 23.4 Å². The SMILES string of the molecule is O=C1N[C@H](c2cccc(-c3ncccc3F)n2)[C@@H](c2ccc(F)cc2)O1. The van der Waals surface area contributed by atoms with E-state index in [1.807, 2.05) is 0 Å². The average molecular weight is 353 g/mol. The fourth-order valence-corrected chi connectivity index (χ4v) is 2.89. The van der Waals surface area contributed by atoms with E-state index < -0.39 is 24.1 Å². The second kappa shape index (κ2) is 6.51. The van der Waals surface area contributed by atoms with Gasteiger partial charge in [-0.1, -0.05) is 18.2 Å². The topological polar surface area (TPSA) is 64.1 Å². The third kappa shape index (κ3) is 2.99. The molecule has 1 amide bonds. The second-order valence-electron chi connectivity index (χ2n) is 5.78. The first-order valence-electron chi connectivity index (χ1n) is 7.92. The number of hydrogen-bond acceptors (Lipinski definition) is 4. The van der Waals surface area contributed by atoms with Crippen molar-refractivity contribution in [3.8, 4) is 11.4 Å². The van der Waals surface area contributed by atoms with Crippen molar-refractivity contribution in [2.75, 3.05) is 0 Å². The van der Waals surface area contributed by atoms with Gasteiger partial charge in [0.1, 0.15) is 17.6 Å². The first kappa shape index (κ1) is 16.1. The van der Waals surface area contributed by atoms with Gasteiger partial charge in [-0.15, -0.1) is 0 Å². The number of benzene rings is 1. The van der Waals surface area contributed by atoms with Crippen molar-refractivity contribution in [3.05, 3.63) is 83.7 Å². The third-order valence-electron chi connectivity index (χ3n) is 4.10. The molecule has 1 N–H and O–H groups in total. The van der Waals surface area contributed by atoms with Crippen LogP contribution in [0.25, 0.3) is 11.4 Å². The molecule has 5 nitrogen and oxygen atoms in total. The molecule has 1 fully saturated rings. The van der Waals surface area contributed by atoms with Gasteiger partial charge in [0, 0.05) is 6.20 Å². The number of nitrogens with one attached hydrogen (secondary N) is 1. The summed E-state index contributed by atoms with van der Waals surface area (Å²) in [6.45, 7) is 0. The zero-order valence-corrected chi connectivity index (χ0v) is 13.4. The molecule has 26 heavy (non-hydrogen) atoms. The van der Waals surface area contributed by atoms with Gasteiger partial charge in [0.2, 0.25) is 0 Å². The van der Waals surface area contributed by atoms with Crippen LogP contribution in [0.15, 0.2) is 60.8 Å². The van der Waals surface area contributed by atoms with Crippen LogP contribution in [0.5, 0.6) is 0 Å². The van der Waals surface area contributed by atoms with Crippen molar-refractivity contribution in [3.63, 3.8) is 0 Å². The first-order valence-corrected chi connectivity index (χ1v) is 7.92. The Morgan fingerprint density at radius 1 is 1.00 bits per heavy atom. The van der Waals surface area contributed by atoms with Gasteiger partial charge in [-0.3, -0.25) is 4.98 Å². The van der Waals surface area contributed by atoms with Gasteiger partial charge >= 0.3 is 6.09 Å². The van der Waals surface area contributed by atoms with E-state index in [2.05, 4.69) is 15.3 Å². The number of halogens is 2. The summed E-state index contributed by atoms with van der Waals surface area (Å²) in [4.78, 5) is 20.2. The number of cyclic esters (lactones) is 1. The molecule has 7 heteroatoms. The number of carbonyl (C=O) groups is 1. The van der Waals surface area contributed by atoms with E-state index in [0.29, 0.717) is 17.0 Å². The monoisotopic (exact) mass is 353 g/mol. The highest BCUT2D eigenvalue weighted by Gasteiger charge is 2.37. The number of aromatic nitrogens is 2. The minimum Gasteiger partial charge on any atom is -0.439 e. The molecule has 0 spiro atoms. The maximum Gasteiger partial charge on any atom is 0.408 e. The number of carbonyl (C=O) groups excluding carboxylic acids is 1. The number of nitrogens with zero attached hydrogens (tertiary/aromatic N) is 2. The lowest BCUT2D eigenvalue weighted by molar-refractivity contribution is 0.132. The van der Waals surface area contributed by atoms with Crippen LogP contribution in [0.2, 0.25) is 0 Å². The Labute approximate surface area is 147 Å². The normalized spacial score (nSPS) is 19.1. The van der Waals surface area contributed by atoms with Crippen LogP contribution in [-0.4, -0.2) is 16.1 Å². The van der Waals surface area contributed by atoms with Crippen LogP contribution in [-0.2, 0) is 4.74 Å². The molecule has 3 aromatic rings. The molecule has 130 valence electrons. The van der Waals surface area contributed by atoms with E-state index in [0.717, 1.165) is 0 Å². The summed E-state index contributed by atoms with van der Waals surface area (Å²) < 4.78 is 32.5. The van der Waals surface area contributed by atoms with Crippen molar-refractivity contribution >= 4 is 6.09 Å². The molecular weight excluding hydrogens is 340 g/mol. The Kier molecular flexibility index (Phi) is 4.04. The van der Waals surface area contributed by atoms with Gasteiger partial charge in [-0.05, 0) is 42.0 Å². The van der Waals surface area contributed by atoms with Crippen molar-refractivity contribution in [1.29, 1.82) is 0 Å². The Balaban J connectivity index is 1.72. The van der Waals surface area contributed by atoms with Crippen molar-refractivity contribution < 1.29 is 18.3 Å². The predicted octanol–water partition coefficient (Wildman–Crippen LogP) is 3.94. The molecule has 0 bridgehead atoms. The van der Waals surface area contributed by atoms with E-state index in [1.165, 1.54) is 30.5 Å². The van der Waals surface area contributed by atoms with E-state index in [-0.39, 0.29) is 11.5 Å². The summed E-state index contributed by atoms with van der Waals surface area (Å²) in [6, 6.07) is 13.0. The molecule has 3 heterocycles. The van der Waals surface area contributed by atoms with Gasteiger partial charge < -0.3 is 10.1 Å². The highest BCUT2D eigenvalue weighted by molar-refractivity contribution is 5.71. The van der Waals surface area contributed by atoms with E-state index in [4.69, 9.17) is 4.74 Å². The first-order chi connectivity index (χ1) is 12.6. The van der Waals surface area contributed by atoms with Gasteiger partial charge in [0.05, 0.1) is 11.4 Å². The quantitative estimate of drug-likeness (QED) is 0.775. The molecule has 2 aromatic heterocycles. The molecular formula is C19H13F2N3O2. The van der Waals surface area contributed by atoms with Gasteiger partial charge in [-0.25, -0.2) is 18.6 Å². The zero-order chi connectivity index (χ0) is 18.1. The fraction of sp³-hybridized carbons (Fsp3) is 0.105. The third-order valence-corrected chi connectivity index (χ3v) is 4.10. The lowest BCUT2D eigenvalue weighted by Gasteiger charge is -2.17. The van der Waals surface area contributed by atoms with Gasteiger partial charge in [0.15, 0.2) is 11.9 Å². The predicted molar refractivity (Wildman–Crippen MR) is 88.9 cm³/mol. The molecule has 1 aliphatic heterocycles. The van der Waals surface area contributed by atoms with Crippen molar-refractivity contribution in [1.82, 2.24) is 15.3 Å². The molecule has 2 atom stereocenters. The average Bonchev–Trinajstić information content (AvgIpc) is 3.05. The number of pyridine rings is 2. The Morgan fingerprint density at radius 3 is 2.58 bits per heavy atom. The van der Waals surface area contributed by atoms with Gasteiger partial charge in [-0.2, -0.15) is 0 Å². The summed E-state index contributed by atoms with van der Waals surface area (Å²) in [5.74, 6) is -0.868. The number of ether oxygens (including phenoxy) is 1. The van der Waals surface area contributed by atoms with Crippen LogP contribution < -0.4 is 5.32 Å². The maximum absolute atomic E-state index is 14.0. The number of amides is 1. The largest absolute Gasteiger partial charge is 0.439 e. The Hall–Kier alpha value is -3.35. The minimum absolute atomic E-state index is 0.123. The maximum atomic E-state index is 14.0. The van der Waals surface area contributed by atoms with Crippen LogP contribution in [0.3, 0.4) is 0 Å². The number of alkyl carbamates (subject to hydrolysis) is 1. The summed E-state index contributed by atoms with van der Waals surface area (Å²) in [7, 11) is 0. The lowest BCUT2D eigenvalue weighted by atomic mass is 9.99. The Bertz CT molecular complexity index is 963. The van der Waals surface area contributed by atoms with Crippen molar-refractivity contribution in [2.24, 2.45) is 0 Å². The molecule has 1 aromatic carbocycles. The standard InChI is InChI=1S/C19H13F2N3O2/c20-12-8-6-11(7-9-12)18-17(24-19(25)26-18)15-5-1-4-14(23-15)16-13(21)3-2-10-22-16/h1-10,17-18H,(H,24,25)/t17-,18-/m1/s1. The molecule has 0 aliphatic carbocycles. The smallest absolute Gasteiger partial charge is 0.408 e. The second-order valence-corrected chi connectivity index (χ2v) is 5.78. The fourth-order valence-electron chi connectivity index (χ4n) is 2.89. The molecule has 4 rings (SSSR count). The molecule has 1 saturated heterocycles. The summed E-state index contributed by atoms with van der Waals surface area (Å²) in [6.07, 6.45) is 0.217. The summed E-state index contributed by atoms with van der Waals surface area (Å²) in [5, 5.41) is 2.70. The van der Waals surface area contributed by atoms with E-state index in [9.17, 15) is 13.6 Å². The summed E-state index contributed by atoms with van der Waals surface area (Å²) in [5.41, 5.74) is 1.59. The molecule has 0 saturated carbocycles. The Morgan fingerprint density at radius 2 is 1.81 bits per heavy atom. The lowest BCUT2D eigenvalue weighted by Crippen LogP contribution is -2.20. The number of rotatable bonds is 3. The van der Waals surface area contributed by atoms with Crippen molar-refractivity contribution in [2.45, 2.75) is 12.1 Å². The van der Waals surface area contributed by atoms with Crippen LogP contribution in [0, 0.1) is 11.6 Å². The number of hydrogen-bond donors (Lipinski definition) is 1. The summed E-state index contributed by atoms with van der Waals surface area (Å²) >= 11 is 0. The van der Waals surface area contributed by atoms with Gasteiger partial charge in [0.25, 0.3) is 0 Å².